The number of nitrogens with zero attached hydrogens (tertiary/aromatic N) is 1. The van der Waals surface area contributed by atoms with Crippen molar-refractivity contribution >= 4 is 22.4 Å². The van der Waals surface area contributed by atoms with Crippen LogP contribution in [0.3, 0.4) is 0 Å². The number of nitrogens with one attached hydrogen (secondary N) is 2. The van der Waals surface area contributed by atoms with Crippen LogP contribution in [0.15, 0.2) is 29.6 Å². The molecule has 0 aliphatic carbocycles. The molecule has 2 aromatic rings. The zero-order valence-corrected chi connectivity index (χ0v) is 11.9. The molecule has 3 rings (SSSR count). The van der Waals surface area contributed by atoms with Gasteiger partial charge in [0.15, 0.2) is 5.13 Å². The van der Waals surface area contributed by atoms with Crippen LogP contribution in [-0.2, 0) is 4.79 Å². The minimum absolute atomic E-state index is 0.216. The number of carbonyl (C=O) groups excluding carboxylic acids is 1. The Bertz CT molecular complexity index is 661. The second-order valence-electron chi connectivity index (χ2n) is 4.89. The van der Waals surface area contributed by atoms with Crippen molar-refractivity contribution in [1.29, 1.82) is 0 Å². The van der Waals surface area contributed by atoms with Crippen LogP contribution in [0, 0.1) is 5.82 Å². The molecule has 1 aliphatic rings. The van der Waals surface area contributed by atoms with Gasteiger partial charge in [0.2, 0.25) is 5.91 Å². The third-order valence-corrected chi connectivity index (χ3v) is 4.04. The van der Waals surface area contributed by atoms with Crippen LogP contribution in [0.4, 0.5) is 9.52 Å². The Morgan fingerprint density at radius 2 is 2.38 bits per heavy atom. The molecule has 5 nitrogen and oxygen atoms in total. The fraction of sp³-hybridized carbons (Fsp3) is 0.286. The maximum absolute atomic E-state index is 13.2. The average Bonchev–Trinajstić information content (AvgIpc) is 3.08. The number of halogens is 1. The van der Waals surface area contributed by atoms with Crippen molar-refractivity contribution in [3.8, 4) is 11.3 Å². The van der Waals surface area contributed by atoms with Crippen molar-refractivity contribution in [1.82, 2.24) is 10.3 Å². The van der Waals surface area contributed by atoms with Crippen molar-refractivity contribution in [2.75, 3.05) is 11.9 Å². The predicted octanol–water partition coefficient (Wildman–Crippen LogP) is 1.61. The quantitative estimate of drug-likeness (QED) is 0.805. The molecule has 1 saturated heterocycles. The van der Waals surface area contributed by atoms with E-state index in [9.17, 15) is 14.3 Å². The Morgan fingerprint density at radius 3 is 3.10 bits per heavy atom. The summed E-state index contributed by atoms with van der Waals surface area (Å²) in [7, 11) is 0. The summed E-state index contributed by atoms with van der Waals surface area (Å²) < 4.78 is 13.2. The molecule has 1 amide bonds. The molecule has 0 saturated carbocycles. The van der Waals surface area contributed by atoms with E-state index in [0.717, 1.165) is 0 Å². The fourth-order valence-electron chi connectivity index (χ4n) is 2.22. The summed E-state index contributed by atoms with van der Waals surface area (Å²) in [5, 5.41) is 17.3. The van der Waals surface area contributed by atoms with Gasteiger partial charge in [-0.3, -0.25) is 4.79 Å². The number of anilines is 1. The van der Waals surface area contributed by atoms with Gasteiger partial charge in [-0.15, -0.1) is 11.3 Å². The van der Waals surface area contributed by atoms with Gasteiger partial charge in [-0.25, -0.2) is 9.37 Å². The monoisotopic (exact) mass is 307 g/mol. The van der Waals surface area contributed by atoms with Gasteiger partial charge in [0.25, 0.3) is 0 Å². The molecular weight excluding hydrogens is 293 g/mol. The molecule has 21 heavy (non-hydrogen) atoms. The second-order valence-corrected chi connectivity index (χ2v) is 5.75. The zero-order valence-electron chi connectivity index (χ0n) is 11.0. The summed E-state index contributed by atoms with van der Waals surface area (Å²) in [6.45, 7) is 0.421. The van der Waals surface area contributed by atoms with Crippen molar-refractivity contribution in [2.24, 2.45) is 0 Å². The van der Waals surface area contributed by atoms with E-state index in [1.54, 1.807) is 17.5 Å². The standard InChI is InChI=1S/C14H14FN3O2S/c15-9-3-1-2-8(4-9)12-7-21-14(17-12)18-13(20)11-5-10(19)6-16-11/h1-4,7,10-11,16,19H,5-6H2,(H,17,18,20). The molecule has 1 fully saturated rings. The van der Waals surface area contributed by atoms with Gasteiger partial charge in [-0.05, 0) is 18.6 Å². The lowest BCUT2D eigenvalue weighted by molar-refractivity contribution is -0.117. The lowest BCUT2D eigenvalue weighted by Gasteiger charge is -2.08. The van der Waals surface area contributed by atoms with Gasteiger partial charge in [0.1, 0.15) is 5.82 Å². The molecule has 110 valence electrons. The number of aromatic nitrogens is 1. The second kappa shape index (κ2) is 5.88. The summed E-state index contributed by atoms with van der Waals surface area (Å²) in [5.41, 5.74) is 1.29. The maximum atomic E-state index is 13.2. The molecule has 1 aliphatic heterocycles. The number of benzene rings is 1. The molecule has 0 radical (unpaired) electrons. The Kier molecular flexibility index (Phi) is 3.96. The summed E-state index contributed by atoms with van der Waals surface area (Å²) in [6.07, 6.45) is -0.0894. The van der Waals surface area contributed by atoms with E-state index in [0.29, 0.717) is 29.4 Å². The number of hydrogen-bond acceptors (Lipinski definition) is 5. The first-order chi connectivity index (χ1) is 10.1. The minimum atomic E-state index is -0.486. The van der Waals surface area contributed by atoms with Gasteiger partial charge in [-0.2, -0.15) is 0 Å². The highest BCUT2D eigenvalue weighted by Crippen LogP contribution is 2.25. The number of aliphatic hydroxyl groups excluding tert-OH is 1. The normalized spacial score (nSPS) is 21.4. The third-order valence-electron chi connectivity index (χ3n) is 3.28. The molecule has 2 unspecified atom stereocenters. The van der Waals surface area contributed by atoms with Crippen LogP contribution in [0.5, 0.6) is 0 Å². The molecular formula is C14H14FN3O2S. The first kappa shape index (κ1) is 14.1. The number of thiazole rings is 1. The van der Waals surface area contributed by atoms with Crippen LogP contribution in [0.1, 0.15) is 6.42 Å². The third kappa shape index (κ3) is 3.26. The molecule has 0 spiro atoms. The van der Waals surface area contributed by atoms with Crippen LogP contribution in [-0.4, -0.2) is 34.7 Å². The van der Waals surface area contributed by atoms with Gasteiger partial charge in [0.05, 0.1) is 17.8 Å². The van der Waals surface area contributed by atoms with Crippen molar-refractivity contribution in [2.45, 2.75) is 18.6 Å². The van der Waals surface area contributed by atoms with Gasteiger partial charge < -0.3 is 15.7 Å². The predicted molar refractivity (Wildman–Crippen MR) is 78.6 cm³/mol. The Morgan fingerprint density at radius 1 is 1.52 bits per heavy atom. The van der Waals surface area contributed by atoms with Gasteiger partial charge >= 0.3 is 0 Å². The lowest BCUT2D eigenvalue weighted by atomic mass is 10.2. The summed E-state index contributed by atoms with van der Waals surface area (Å²) in [5.74, 6) is -0.540. The van der Waals surface area contributed by atoms with Crippen LogP contribution in [0.2, 0.25) is 0 Å². The molecule has 2 heterocycles. The minimum Gasteiger partial charge on any atom is -0.392 e. The van der Waals surface area contributed by atoms with Gasteiger partial charge in [0, 0.05) is 17.5 Å². The highest BCUT2D eigenvalue weighted by atomic mass is 32.1. The van der Waals surface area contributed by atoms with E-state index in [1.807, 2.05) is 0 Å². The molecule has 2 atom stereocenters. The number of carbonyl (C=O) groups is 1. The number of rotatable bonds is 3. The zero-order chi connectivity index (χ0) is 14.8. The lowest BCUT2D eigenvalue weighted by Crippen LogP contribution is -2.35. The first-order valence-electron chi connectivity index (χ1n) is 6.55. The summed E-state index contributed by atoms with van der Waals surface area (Å²) >= 11 is 1.28. The van der Waals surface area contributed by atoms with Crippen LogP contribution < -0.4 is 10.6 Å². The van der Waals surface area contributed by atoms with E-state index in [-0.39, 0.29) is 11.7 Å². The Hall–Kier alpha value is -1.83. The smallest absolute Gasteiger partial charge is 0.243 e. The fourth-order valence-corrected chi connectivity index (χ4v) is 2.94. The molecule has 1 aromatic carbocycles. The number of aliphatic hydroxyl groups is 1. The first-order valence-corrected chi connectivity index (χ1v) is 7.43. The van der Waals surface area contributed by atoms with Crippen molar-refractivity contribution in [3.63, 3.8) is 0 Å². The highest BCUT2D eigenvalue weighted by Gasteiger charge is 2.28. The van der Waals surface area contributed by atoms with Gasteiger partial charge in [-0.1, -0.05) is 12.1 Å². The molecule has 1 aromatic heterocycles. The van der Waals surface area contributed by atoms with Crippen molar-refractivity contribution in [3.05, 3.63) is 35.5 Å². The molecule has 0 bridgehead atoms. The van der Waals surface area contributed by atoms with E-state index in [1.165, 1.54) is 23.5 Å². The molecule has 3 N–H and O–H groups in total. The van der Waals surface area contributed by atoms with Crippen molar-refractivity contribution < 1.29 is 14.3 Å². The molecule has 7 heteroatoms. The maximum Gasteiger partial charge on any atom is 0.243 e. The van der Waals surface area contributed by atoms with Crippen LogP contribution >= 0.6 is 11.3 Å². The Labute approximate surface area is 124 Å². The Balaban J connectivity index is 1.69. The number of amides is 1. The SMILES string of the molecule is O=C(Nc1nc(-c2cccc(F)c2)cs1)C1CC(O)CN1. The van der Waals surface area contributed by atoms with E-state index >= 15 is 0 Å². The van der Waals surface area contributed by atoms with E-state index in [4.69, 9.17) is 0 Å². The van der Waals surface area contributed by atoms with E-state index in [2.05, 4.69) is 15.6 Å². The van der Waals surface area contributed by atoms with Crippen LogP contribution in [0.25, 0.3) is 11.3 Å². The number of hydrogen-bond donors (Lipinski definition) is 3. The number of β-amino-alcohol motifs (C(OH)–C–C–N with tert-alkyl or cyclic N) is 1. The summed E-state index contributed by atoms with van der Waals surface area (Å²) in [4.78, 5) is 16.3. The topological polar surface area (TPSA) is 74.2 Å². The van der Waals surface area contributed by atoms with E-state index < -0.39 is 12.1 Å². The highest BCUT2D eigenvalue weighted by molar-refractivity contribution is 7.14. The largest absolute Gasteiger partial charge is 0.392 e. The summed E-state index contributed by atoms with van der Waals surface area (Å²) in [6, 6.07) is 5.75. The average molecular weight is 307 g/mol.